The number of phenols is 2. The van der Waals surface area contributed by atoms with Crippen LogP contribution in [0, 0.1) is 0 Å². The van der Waals surface area contributed by atoms with Crippen molar-refractivity contribution in [2.45, 2.75) is 38.3 Å². The summed E-state index contributed by atoms with van der Waals surface area (Å²) < 4.78 is 0. The van der Waals surface area contributed by atoms with Gasteiger partial charge in [0.05, 0.1) is 11.8 Å². The molecule has 3 rings (SSSR count). The van der Waals surface area contributed by atoms with Gasteiger partial charge in [-0.3, -0.25) is 9.59 Å². The van der Waals surface area contributed by atoms with Crippen molar-refractivity contribution in [2.75, 3.05) is 18.4 Å². The molecule has 1 atom stereocenters. The van der Waals surface area contributed by atoms with Crippen LogP contribution in [0.15, 0.2) is 60.7 Å². The molecule has 0 aromatic heterocycles. The molecule has 0 saturated heterocycles. The molecule has 0 radical (unpaired) electrons. The molecule has 0 heterocycles. The quantitative estimate of drug-likeness (QED) is 0.157. The Morgan fingerprint density at radius 2 is 1.81 bits per heavy atom. The molecule has 8 nitrogen and oxygen atoms in total. The summed E-state index contributed by atoms with van der Waals surface area (Å²) in [4.78, 5) is 23.4. The summed E-state index contributed by atoms with van der Waals surface area (Å²) in [5.74, 6) is -0.150. The van der Waals surface area contributed by atoms with Crippen molar-refractivity contribution < 1.29 is 24.9 Å². The minimum Gasteiger partial charge on any atom is -0.508 e. The third-order valence-electron chi connectivity index (χ3n) is 5.95. The van der Waals surface area contributed by atoms with Crippen LogP contribution in [0.3, 0.4) is 0 Å². The van der Waals surface area contributed by atoms with Gasteiger partial charge in [0.1, 0.15) is 11.5 Å². The number of halogens is 1. The number of carbonyl (C=O) groups excluding carboxylic acids is 2. The summed E-state index contributed by atoms with van der Waals surface area (Å²) in [5, 5.41) is 39.5. The van der Waals surface area contributed by atoms with Crippen molar-refractivity contribution in [1.82, 2.24) is 10.6 Å². The molecule has 196 valence electrons. The molecule has 0 aliphatic heterocycles. The van der Waals surface area contributed by atoms with E-state index in [0.29, 0.717) is 47.5 Å². The molecule has 9 heteroatoms. The molecule has 0 unspecified atom stereocenters. The van der Waals surface area contributed by atoms with E-state index in [1.54, 1.807) is 24.3 Å². The number of hydrogen-bond acceptors (Lipinski definition) is 6. The fourth-order valence-corrected chi connectivity index (χ4v) is 4.19. The van der Waals surface area contributed by atoms with Crippen molar-refractivity contribution in [3.05, 3.63) is 87.9 Å². The first-order valence-electron chi connectivity index (χ1n) is 11.9. The van der Waals surface area contributed by atoms with E-state index in [1.165, 1.54) is 18.2 Å². The van der Waals surface area contributed by atoms with Crippen molar-refractivity contribution in [1.29, 1.82) is 0 Å². The summed E-state index contributed by atoms with van der Waals surface area (Å²) in [5.41, 5.74) is 2.53. The van der Waals surface area contributed by atoms with Gasteiger partial charge in [0.15, 0.2) is 0 Å². The zero-order chi connectivity index (χ0) is 27.0. The maximum atomic E-state index is 12.7. The van der Waals surface area contributed by atoms with Gasteiger partial charge in [-0.25, -0.2) is 0 Å². The highest BCUT2D eigenvalue weighted by atomic mass is 35.5. The summed E-state index contributed by atoms with van der Waals surface area (Å²) in [6.07, 6.45) is 0.656. The lowest BCUT2D eigenvalue weighted by Crippen LogP contribution is -2.43. The van der Waals surface area contributed by atoms with E-state index in [4.69, 9.17) is 11.6 Å². The van der Waals surface area contributed by atoms with Gasteiger partial charge in [0, 0.05) is 29.2 Å². The molecule has 3 aromatic carbocycles. The van der Waals surface area contributed by atoms with E-state index in [1.807, 2.05) is 32.0 Å². The summed E-state index contributed by atoms with van der Waals surface area (Å²) in [7, 11) is 0. The first kappa shape index (κ1) is 28.0. The van der Waals surface area contributed by atoms with Crippen LogP contribution in [0.2, 0.25) is 5.02 Å². The Morgan fingerprint density at radius 1 is 1.05 bits per heavy atom. The lowest BCUT2D eigenvalue weighted by atomic mass is 9.93. The average molecular weight is 526 g/mol. The van der Waals surface area contributed by atoms with Crippen LogP contribution in [-0.4, -0.2) is 46.3 Å². The Bertz CT molecular complexity index is 1250. The zero-order valence-corrected chi connectivity index (χ0v) is 21.5. The molecule has 0 aliphatic rings. The molecular formula is C28H32ClN3O5. The number of anilines is 1. The second-order valence-corrected chi connectivity index (χ2v) is 9.91. The highest BCUT2D eigenvalue weighted by molar-refractivity contribution is 6.30. The van der Waals surface area contributed by atoms with Gasteiger partial charge in [0.25, 0.3) is 5.91 Å². The monoisotopic (exact) mass is 525 g/mol. The largest absolute Gasteiger partial charge is 0.508 e. The number of aromatic hydroxyl groups is 2. The molecule has 3 aromatic rings. The van der Waals surface area contributed by atoms with E-state index in [2.05, 4.69) is 16.0 Å². The number of hydrogen-bond donors (Lipinski definition) is 6. The van der Waals surface area contributed by atoms with Crippen molar-refractivity contribution in [2.24, 2.45) is 0 Å². The number of amides is 2. The number of carbonyl (C=O) groups is 2. The minimum atomic E-state index is -0.858. The van der Waals surface area contributed by atoms with Gasteiger partial charge in [0.2, 0.25) is 6.41 Å². The fourth-order valence-electron chi connectivity index (χ4n) is 3.99. The van der Waals surface area contributed by atoms with E-state index in [0.717, 1.165) is 5.56 Å². The number of phenolic OH excluding ortho intramolecular Hbond substituents is 2. The third kappa shape index (κ3) is 8.21. The van der Waals surface area contributed by atoms with E-state index < -0.39 is 11.6 Å². The van der Waals surface area contributed by atoms with Crippen LogP contribution in [0.5, 0.6) is 11.5 Å². The predicted octanol–water partition coefficient (Wildman–Crippen LogP) is 3.94. The molecule has 0 saturated carbocycles. The number of aliphatic hydroxyl groups excluding tert-OH is 1. The number of aliphatic hydroxyl groups is 1. The zero-order valence-electron chi connectivity index (χ0n) is 20.8. The lowest BCUT2D eigenvalue weighted by molar-refractivity contribution is -0.105. The van der Waals surface area contributed by atoms with Gasteiger partial charge >= 0.3 is 0 Å². The van der Waals surface area contributed by atoms with Crippen LogP contribution in [0.25, 0.3) is 0 Å². The molecule has 0 aliphatic carbocycles. The first-order valence-corrected chi connectivity index (χ1v) is 12.3. The first-order chi connectivity index (χ1) is 17.6. The molecule has 6 N–H and O–H groups in total. The van der Waals surface area contributed by atoms with E-state index in [-0.39, 0.29) is 29.6 Å². The lowest BCUT2D eigenvalue weighted by Gasteiger charge is -2.28. The summed E-state index contributed by atoms with van der Waals surface area (Å²) >= 11 is 5.98. The fraction of sp³-hybridized carbons (Fsp3) is 0.286. The van der Waals surface area contributed by atoms with Gasteiger partial charge < -0.3 is 31.3 Å². The predicted molar refractivity (Wildman–Crippen MR) is 144 cm³/mol. The maximum Gasteiger partial charge on any atom is 0.251 e. The van der Waals surface area contributed by atoms with Crippen LogP contribution < -0.4 is 16.0 Å². The standard InChI is InChI=1S/C28H32ClN3O5/c1-28(2,32-16-26(36)19-6-8-25(35)23(14-19)31-17-33)15-18-4-3-5-21(12-18)27(37)30-11-10-20-13-22(29)7-9-24(20)34/h3-9,12-14,17,26,32,34-36H,10-11,15-16H2,1-2H3,(H,30,37)(H,31,33)/t26-/m1/s1. The second kappa shape index (κ2) is 12.6. The van der Waals surface area contributed by atoms with Crippen molar-refractivity contribution >= 4 is 29.6 Å². The molecule has 2 amide bonds. The minimum absolute atomic E-state index is 0.0807. The molecule has 0 fully saturated rings. The average Bonchev–Trinajstić information content (AvgIpc) is 2.86. The Labute approximate surface area is 221 Å². The van der Waals surface area contributed by atoms with E-state index in [9.17, 15) is 24.9 Å². The van der Waals surface area contributed by atoms with Crippen LogP contribution >= 0.6 is 11.6 Å². The Balaban J connectivity index is 1.55. The Hall–Kier alpha value is -3.59. The number of nitrogens with one attached hydrogen (secondary N) is 3. The van der Waals surface area contributed by atoms with Crippen molar-refractivity contribution in [3.63, 3.8) is 0 Å². The molecule has 0 spiro atoms. The smallest absolute Gasteiger partial charge is 0.251 e. The highest BCUT2D eigenvalue weighted by Gasteiger charge is 2.21. The number of benzene rings is 3. The van der Waals surface area contributed by atoms with Gasteiger partial charge in [-0.1, -0.05) is 29.8 Å². The second-order valence-electron chi connectivity index (χ2n) is 9.48. The number of rotatable bonds is 12. The summed E-state index contributed by atoms with van der Waals surface area (Å²) in [6, 6.07) is 16.7. The van der Waals surface area contributed by atoms with Crippen LogP contribution in [0.1, 0.15) is 47.0 Å². The normalized spacial score (nSPS) is 12.1. The summed E-state index contributed by atoms with van der Waals surface area (Å²) in [6.45, 7) is 4.60. The van der Waals surface area contributed by atoms with Gasteiger partial charge in [-0.05, 0) is 85.8 Å². The third-order valence-corrected chi connectivity index (χ3v) is 6.19. The van der Waals surface area contributed by atoms with Crippen LogP contribution in [0.4, 0.5) is 5.69 Å². The van der Waals surface area contributed by atoms with Crippen LogP contribution in [-0.2, 0) is 17.6 Å². The Kier molecular flexibility index (Phi) is 9.52. The van der Waals surface area contributed by atoms with Crippen molar-refractivity contribution in [3.8, 4) is 11.5 Å². The molecular weight excluding hydrogens is 494 g/mol. The SMILES string of the molecule is CC(C)(Cc1cccc(C(=O)NCCc2cc(Cl)ccc2O)c1)NC[C@@H](O)c1ccc(O)c(NC=O)c1. The topological polar surface area (TPSA) is 131 Å². The Morgan fingerprint density at radius 3 is 2.57 bits per heavy atom. The maximum absolute atomic E-state index is 12.7. The highest BCUT2D eigenvalue weighted by Crippen LogP contribution is 2.27. The van der Waals surface area contributed by atoms with E-state index >= 15 is 0 Å². The molecule has 0 bridgehead atoms. The molecule has 37 heavy (non-hydrogen) atoms. The van der Waals surface area contributed by atoms with Gasteiger partial charge in [-0.2, -0.15) is 0 Å². The number of β-amino-alcohol motifs (C(OH)–C–C–N with tert-alkyl or cyclic N) is 1. The van der Waals surface area contributed by atoms with Gasteiger partial charge in [-0.15, -0.1) is 0 Å².